The van der Waals surface area contributed by atoms with E-state index in [4.69, 9.17) is 11.0 Å². The molecule has 0 bridgehead atoms. The molecule has 0 aromatic rings. The van der Waals surface area contributed by atoms with Crippen LogP contribution in [0.2, 0.25) is 0 Å². The predicted molar refractivity (Wildman–Crippen MR) is 45.0 cm³/mol. The summed E-state index contributed by atoms with van der Waals surface area (Å²) in [5.74, 6) is 0. The molecule has 0 radical (unpaired) electrons. The minimum absolute atomic E-state index is 0.0271. The molecule has 0 heterocycles. The van der Waals surface area contributed by atoms with E-state index in [-0.39, 0.29) is 18.0 Å². The molecule has 0 spiro atoms. The highest BCUT2D eigenvalue weighted by Crippen LogP contribution is 1.91. The lowest BCUT2D eigenvalue weighted by Gasteiger charge is -2.03. The van der Waals surface area contributed by atoms with Crippen molar-refractivity contribution in [1.29, 1.82) is 5.26 Å². The summed E-state index contributed by atoms with van der Waals surface area (Å²) >= 11 is 0. The van der Waals surface area contributed by atoms with Crippen molar-refractivity contribution in [2.75, 3.05) is 20.6 Å². The second-order valence-electron chi connectivity index (χ2n) is 2.20. The van der Waals surface area contributed by atoms with Crippen LogP contribution in [0.3, 0.4) is 0 Å². The fraction of sp³-hybridized carbons (Fsp3) is 0.429. The van der Waals surface area contributed by atoms with E-state index < -0.39 is 0 Å². The van der Waals surface area contributed by atoms with Gasteiger partial charge < -0.3 is 5.73 Å². The first kappa shape index (κ1) is 10.6. The van der Waals surface area contributed by atoms with Crippen molar-refractivity contribution >= 4 is 5.71 Å². The Morgan fingerprint density at radius 1 is 1.83 bits per heavy atom. The van der Waals surface area contributed by atoms with Crippen molar-refractivity contribution in [3.63, 3.8) is 0 Å². The van der Waals surface area contributed by atoms with E-state index in [0.717, 1.165) is 0 Å². The molecule has 4 nitrogen and oxygen atoms in total. The first-order chi connectivity index (χ1) is 5.60. The average molecular weight is 170 g/mol. The summed E-state index contributed by atoms with van der Waals surface area (Å²) in [5.41, 5.74) is 5.83. The third-order valence-electron chi connectivity index (χ3n) is 1.08. The summed E-state index contributed by atoms with van der Waals surface area (Å²) < 4.78 is 12.2. The summed E-state index contributed by atoms with van der Waals surface area (Å²) in [6, 6.07) is 1.81. The summed E-state index contributed by atoms with van der Waals surface area (Å²) in [4.78, 5) is 3.61. The van der Waals surface area contributed by atoms with Crippen LogP contribution in [0.4, 0.5) is 4.48 Å². The maximum atomic E-state index is 12.2. The molecule has 0 aromatic heterocycles. The van der Waals surface area contributed by atoms with Gasteiger partial charge in [-0.15, -0.1) is 9.60 Å². The molecule has 0 saturated carbocycles. The highest BCUT2D eigenvalue weighted by Gasteiger charge is 1.98. The Labute approximate surface area is 70.7 Å². The van der Waals surface area contributed by atoms with Gasteiger partial charge in [0.15, 0.2) is 0 Å². The second-order valence-corrected chi connectivity index (χ2v) is 2.20. The third kappa shape index (κ3) is 4.41. The quantitative estimate of drug-likeness (QED) is 0.487. The molecule has 0 aliphatic heterocycles. The lowest BCUT2D eigenvalue weighted by atomic mass is 10.3. The van der Waals surface area contributed by atoms with E-state index in [9.17, 15) is 4.48 Å². The van der Waals surface area contributed by atoms with Gasteiger partial charge in [-0.05, 0) is 6.08 Å². The lowest BCUT2D eigenvalue weighted by molar-refractivity contribution is 0.0725. The zero-order valence-corrected chi connectivity index (χ0v) is 7.08. The van der Waals surface area contributed by atoms with Gasteiger partial charge in [0.05, 0.1) is 6.54 Å². The molecule has 0 unspecified atom stereocenters. The smallest absolute Gasteiger partial charge is 0.136 e. The third-order valence-corrected chi connectivity index (χ3v) is 1.08. The normalized spacial score (nSPS) is 13.2. The van der Waals surface area contributed by atoms with Crippen LogP contribution >= 0.6 is 0 Å². The average Bonchev–Trinajstić information content (AvgIpc) is 1.98. The van der Waals surface area contributed by atoms with Crippen molar-refractivity contribution in [3.05, 3.63) is 11.8 Å². The molecule has 0 aliphatic carbocycles. The standard InChI is InChI=1S/C7H11FN4/c1-11-7(4-9)3-6(10)5-12(2)8/h3H,5,10H2,1-2H3. The van der Waals surface area contributed by atoms with Crippen LogP contribution in [0.5, 0.6) is 0 Å². The van der Waals surface area contributed by atoms with Gasteiger partial charge in [0.25, 0.3) is 0 Å². The number of hydrogen-bond acceptors (Lipinski definition) is 4. The number of nitriles is 1. The van der Waals surface area contributed by atoms with Crippen molar-refractivity contribution < 1.29 is 4.48 Å². The molecule has 66 valence electrons. The van der Waals surface area contributed by atoms with Gasteiger partial charge >= 0.3 is 0 Å². The number of hydrogen-bond donors (Lipinski definition) is 1. The Kier molecular flexibility index (Phi) is 4.65. The lowest BCUT2D eigenvalue weighted by Crippen LogP contribution is -2.16. The Balaban J connectivity index is 4.27. The summed E-state index contributed by atoms with van der Waals surface area (Å²) in [6.07, 6.45) is 1.34. The van der Waals surface area contributed by atoms with Crippen LogP contribution in [0.1, 0.15) is 0 Å². The van der Waals surface area contributed by atoms with Gasteiger partial charge in [0.1, 0.15) is 11.8 Å². The predicted octanol–water partition coefficient (Wildman–Crippen LogP) is 0.240. The fourth-order valence-corrected chi connectivity index (χ4v) is 0.620. The monoisotopic (exact) mass is 170 g/mol. The molecule has 0 fully saturated rings. The van der Waals surface area contributed by atoms with Gasteiger partial charge in [0.2, 0.25) is 0 Å². The van der Waals surface area contributed by atoms with Crippen LogP contribution in [-0.2, 0) is 0 Å². The maximum absolute atomic E-state index is 12.2. The summed E-state index contributed by atoms with van der Waals surface area (Å²) in [6.45, 7) is -0.0271. The number of allylic oxidation sites excluding steroid dienone is 1. The first-order valence-corrected chi connectivity index (χ1v) is 3.30. The van der Waals surface area contributed by atoms with Crippen molar-refractivity contribution in [2.45, 2.75) is 0 Å². The summed E-state index contributed by atoms with van der Waals surface area (Å²) in [7, 11) is 2.72. The molecule has 0 rings (SSSR count). The molecule has 2 N–H and O–H groups in total. The van der Waals surface area contributed by atoms with Crippen molar-refractivity contribution in [1.82, 2.24) is 5.12 Å². The minimum atomic E-state index is -0.0271. The van der Waals surface area contributed by atoms with Crippen LogP contribution in [0, 0.1) is 11.3 Å². The second kappa shape index (κ2) is 5.27. The molecule has 0 saturated heterocycles. The molecular weight excluding hydrogens is 159 g/mol. The molecule has 0 atom stereocenters. The maximum Gasteiger partial charge on any atom is 0.136 e. The number of nitrogens with zero attached hydrogens (tertiary/aromatic N) is 3. The number of nitrogens with two attached hydrogens (primary N) is 1. The Morgan fingerprint density at radius 2 is 2.42 bits per heavy atom. The largest absolute Gasteiger partial charge is 0.401 e. The first-order valence-electron chi connectivity index (χ1n) is 3.30. The van der Waals surface area contributed by atoms with E-state index in [1.54, 1.807) is 0 Å². The van der Waals surface area contributed by atoms with Crippen LogP contribution < -0.4 is 5.73 Å². The molecule has 5 heteroatoms. The highest BCUT2D eigenvalue weighted by molar-refractivity contribution is 6.07. The van der Waals surface area contributed by atoms with E-state index in [1.807, 2.05) is 6.07 Å². The molecular formula is C7H11FN4. The van der Waals surface area contributed by atoms with Gasteiger partial charge in [-0.2, -0.15) is 5.26 Å². The van der Waals surface area contributed by atoms with Crippen LogP contribution in [0.25, 0.3) is 0 Å². The molecule has 0 aromatic carbocycles. The van der Waals surface area contributed by atoms with Gasteiger partial charge in [-0.1, -0.05) is 0 Å². The Hall–Kier alpha value is -1.41. The van der Waals surface area contributed by atoms with Gasteiger partial charge in [-0.25, -0.2) is 0 Å². The van der Waals surface area contributed by atoms with E-state index >= 15 is 0 Å². The Bertz CT molecular complexity index is 236. The summed E-state index contributed by atoms with van der Waals surface area (Å²) in [5, 5.41) is 8.85. The zero-order valence-electron chi connectivity index (χ0n) is 7.08. The van der Waals surface area contributed by atoms with Crippen molar-refractivity contribution in [2.24, 2.45) is 10.7 Å². The molecule has 0 aliphatic rings. The number of halogens is 1. The number of aliphatic imine (C=N–C) groups is 1. The van der Waals surface area contributed by atoms with Crippen molar-refractivity contribution in [3.8, 4) is 6.07 Å². The molecule has 0 amide bonds. The number of likely N-dealkylation sites (N-methyl/N-ethyl adjacent to an activating group) is 1. The minimum Gasteiger partial charge on any atom is -0.401 e. The van der Waals surface area contributed by atoms with E-state index in [0.29, 0.717) is 5.12 Å². The molecule has 12 heavy (non-hydrogen) atoms. The van der Waals surface area contributed by atoms with E-state index in [1.165, 1.54) is 20.2 Å². The number of rotatable bonds is 3. The SMILES string of the molecule is CN=C(C#N)C=C(N)CN(C)F. The van der Waals surface area contributed by atoms with Gasteiger partial charge in [0, 0.05) is 19.8 Å². The Morgan fingerprint density at radius 3 is 2.75 bits per heavy atom. The zero-order chi connectivity index (χ0) is 9.56. The van der Waals surface area contributed by atoms with E-state index in [2.05, 4.69) is 4.99 Å². The highest BCUT2D eigenvalue weighted by atomic mass is 19.2. The topological polar surface area (TPSA) is 65.4 Å². The van der Waals surface area contributed by atoms with Gasteiger partial charge in [-0.3, -0.25) is 4.99 Å². The fourth-order valence-electron chi connectivity index (χ4n) is 0.620. The van der Waals surface area contributed by atoms with Crippen LogP contribution in [-0.4, -0.2) is 31.5 Å². The van der Waals surface area contributed by atoms with Crippen LogP contribution in [0.15, 0.2) is 16.8 Å².